The number of ether oxygens (including phenoxy) is 1. The van der Waals surface area contributed by atoms with Crippen LogP contribution in [0.3, 0.4) is 0 Å². The summed E-state index contributed by atoms with van der Waals surface area (Å²) in [5.74, 6) is 2.27. The van der Waals surface area contributed by atoms with Crippen molar-refractivity contribution in [2.24, 2.45) is 0 Å². The van der Waals surface area contributed by atoms with Gasteiger partial charge in [-0.05, 0) is 44.1 Å². The minimum atomic E-state index is 0.277. The normalized spacial score (nSPS) is 24.8. The fraction of sp³-hybridized carbons (Fsp3) is 0.625. The van der Waals surface area contributed by atoms with E-state index in [0.29, 0.717) is 11.3 Å². The van der Waals surface area contributed by atoms with E-state index in [1.165, 1.54) is 24.3 Å². The van der Waals surface area contributed by atoms with Crippen molar-refractivity contribution in [2.75, 3.05) is 11.1 Å². The SMILES string of the molecule is CCC(C)Oc1cccc(NC2CCCSC2C)c1. The molecule has 0 saturated carbocycles. The van der Waals surface area contributed by atoms with Crippen LogP contribution in [0.25, 0.3) is 0 Å². The van der Waals surface area contributed by atoms with E-state index >= 15 is 0 Å². The van der Waals surface area contributed by atoms with E-state index in [1.807, 2.05) is 6.07 Å². The maximum Gasteiger partial charge on any atom is 0.121 e. The van der Waals surface area contributed by atoms with Gasteiger partial charge in [0.25, 0.3) is 0 Å². The minimum Gasteiger partial charge on any atom is -0.491 e. The summed E-state index contributed by atoms with van der Waals surface area (Å²) in [5, 5.41) is 4.35. The predicted octanol–water partition coefficient (Wildman–Crippen LogP) is 4.56. The molecule has 3 unspecified atom stereocenters. The highest BCUT2D eigenvalue weighted by molar-refractivity contribution is 8.00. The molecule has 1 aliphatic rings. The molecule has 2 nitrogen and oxygen atoms in total. The molecule has 0 amide bonds. The van der Waals surface area contributed by atoms with Crippen LogP contribution in [-0.2, 0) is 0 Å². The minimum absolute atomic E-state index is 0.277. The van der Waals surface area contributed by atoms with Crippen LogP contribution in [0.15, 0.2) is 24.3 Å². The lowest BCUT2D eigenvalue weighted by Gasteiger charge is -2.30. The number of nitrogens with one attached hydrogen (secondary N) is 1. The number of benzene rings is 1. The van der Waals surface area contributed by atoms with Crippen molar-refractivity contribution >= 4 is 17.4 Å². The quantitative estimate of drug-likeness (QED) is 0.853. The summed E-state index contributed by atoms with van der Waals surface area (Å²) in [7, 11) is 0. The number of hydrogen-bond donors (Lipinski definition) is 1. The maximum atomic E-state index is 5.87. The second kappa shape index (κ2) is 7.09. The summed E-state index contributed by atoms with van der Waals surface area (Å²) in [6.07, 6.45) is 3.90. The topological polar surface area (TPSA) is 21.3 Å². The molecule has 0 bridgehead atoms. The summed E-state index contributed by atoms with van der Waals surface area (Å²) >= 11 is 2.07. The molecule has 1 N–H and O–H groups in total. The van der Waals surface area contributed by atoms with Crippen LogP contribution >= 0.6 is 11.8 Å². The average Bonchev–Trinajstić information content (AvgIpc) is 2.42. The predicted molar refractivity (Wildman–Crippen MR) is 85.4 cm³/mol. The molecule has 1 aliphatic heterocycles. The molecule has 106 valence electrons. The van der Waals surface area contributed by atoms with E-state index in [-0.39, 0.29) is 6.10 Å². The molecule has 1 fully saturated rings. The van der Waals surface area contributed by atoms with E-state index < -0.39 is 0 Å². The van der Waals surface area contributed by atoms with Gasteiger partial charge in [-0.25, -0.2) is 0 Å². The van der Waals surface area contributed by atoms with Gasteiger partial charge in [0, 0.05) is 23.0 Å². The van der Waals surface area contributed by atoms with E-state index in [4.69, 9.17) is 4.74 Å². The third kappa shape index (κ3) is 4.34. The molecule has 1 saturated heterocycles. The van der Waals surface area contributed by atoms with Crippen LogP contribution in [0.2, 0.25) is 0 Å². The van der Waals surface area contributed by atoms with Crippen molar-refractivity contribution in [1.82, 2.24) is 0 Å². The lowest BCUT2D eigenvalue weighted by atomic mass is 10.1. The van der Waals surface area contributed by atoms with E-state index in [0.717, 1.165) is 12.2 Å². The molecule has 3 heteroatoms. The van der Waals surface area contributed by atoms with Gasteiger partial charge in [0.2, 0.25) is 0 Å². The Balaban J connectivity index is 1.98. The Labute approximate surface area is 121 Å². The van der Waals surface area contributed by atoms with Crippen molar-refractivity contribution < 1.29 is 4.74 Å². The molecule has 1 aromatic carbocycles. The fourth-order valence-corrected chi connectivity index (χ4v) is 3.44. The van der Waals surface area contributed by atoms with Gasteiger partial charge in [0.05, 0.1) is 6.10 Å². The van der Waals surface area contributed by atoms with Crippen molar-refractivity contribution in [3.8, 4) is 5.75 Å². The van der Waals surface area contributed by atoms with Crippen molar-refractivity contribution in [3.63, 3.8) is 0 Å². The molecular formula is C16H25NOS. The number of thioether (sulfide) groups is 1. The monoisotopic (exact) mass is 279 g/mol. The highest BCUT2D eigenvalue weighted by Gasteiger charge is 2.21. The first-order valence-corrected chi connectivity index (χ1v) is 8.38. The Morgan fingerprint density at radius 3 is 3.05 bits per heavy atom. The third-order valence-electron chi connectivity index (χ3n) is 3.71. The van der Waals surface area contributed by atoms with Crippen LogP contribution in [-0.4, -0.2) is 23.1 Å². The average molecular weight is 279 g/mol. The van der Waals surface area contributed by atoms with E-state index in [9.17, 15) is 0 Å². The molecule has 3 atom stereocenters. The van der Waals surface area contributed by atoms with Gasteiger partial charge in [0.1, 0.15) is 5.75 Å². The van der Waals surface area contributed by atoms with Crippen LogP contribution < -0.4 is 10.1 Å². The van der Waals surface area contributed by atoms with Gasteiger partial charge in [0.15, 0.2) is 0 Å². The molecule has 0 radical (unpaired) electrons. The Morgan fingerprint density at radius 2 is 2.32 bits per heavy atom. The molecule has 0 aromatic heterocycles. The summed E-state index contributed by atoms with van der Waals surface area (Å²) < 4.78 is 5.87. The summed E-state index contributed by atoms with van der Waals surface area (Å²) in [6, 6.07) is 8.95. The summed E-state index contributed by atoms with van der Waals surface area (Å²) in [4.78, 5) is 0. The number of anilines is 1. The molecule has 2 rings (SSSR count). The van der Waals surface area contributed by atoms with Crippen molar-refractivity contribution in [3.05, 3.63) is 24.3 Å². The summed E-state index contributed by atoms with van der Waals surface area (Å²) in [6.45, 7) is 6.58. The largest absolute Gasteiger partial charge is 0.491 e. The Morgan fingerprint density at radius 1 is 1.47 bits per heavy atom. The highest BCUT2D eigenvalue weighted by Crippen LogP contribution is 2.28. The van der Waals surface area contributed by atoms with Gasteiger partial charge in [-0.1, -0.05) is 19.9 Å². The van der Waals surface area contributed by atoms with Crippen molar-refractivity contribution in [2.45, 2.75) is 57.4 Å². The Kier molecular flexibility index (Phi) is 5.44. The Hall–Kier alpha value is -0.830. The zero-order valence-corrected chi connectivity index (χ0v) is 13.0. The lowest BCUT2D eigenvalue weighted by Crippen LogP contribution is -2.32. The second-order valence-electron chi connectivity index (χ2n) is 5.33. The standard InChI is InChI=1S/C16H25NOS/c1-4-12(2)18-15-8-5-7-14(11-15)17-16-9-6-10-19-13(16)3/h5,7-8,11-13,16-17H,4,6,9-10H2,1-3H3. The highest BCUT2D eigenvalue weighted by atomic mass is 32.2. The Bertz CT molecular complexity index is 396. The number of rotatable bonds is 5. The lowest BCUT2D eigenvalue weighted by molar-refractivity contribution is 0.217. The van der Waals surface area contributed by atoms with Gasteiger partial charge < -0.3 is 10.1 Å². The molecule has 1 aromatic rings. The molecule has 0 spiro atoms. The molecular weight excluding hydrogens is 254 g/mol. The van der Waals surface area contributed by atoms with Gasteiger partial charge in [-0.15, -0.1) is 0 Å². The van der Waals surface area contributed by atoms with Crippen LogP contribution in [0.4, 0.5) is 5.69 Å². The van der Waals surface area contributed by atoms with Gasteiger partial charge in [-0.3, -0.25) is 0 Å². The van der Waals surface area contributed by atoms with Crippen LogP contribution in [0.1, 0.15) is 40.0 Å². The van der Waals surface area contributed by atoms with E-state index in [1.54, 1.807) is 0 Å². The van der Waals surface area contributed by atoms with Crippen molar-refractivity contribution in [1.29, 1.82) is 0 Å². The molecule has 0 aliphatic carbocycles. The molecule has 19 heavy (non-hydrogen) atoms. The second-order valence-corrected chi connectivity index (χ2v) is 6.82. The first kappa shape index (κ1) is 14.6. The fourth-order valence-electron chi connectivity index (χ4n) is 2.30. The van der Waals surface area contributed by atoms with Gasteiger partial charge in [-0.2, -0.15) is 11.8 Å². The van der Waals surface area contributed by atoms with Crippen LogP contribution in [0.5, 0.6) is 5.75 Å². The van der Waals surface area contributed by atoms with E-state index in [2.05, 4.69) is 56.0 Å². The van der Waals surface area contributed by atoms with Gasteiger partial charge >= 0.3 is 0 Å². The first-order valence-electron chi connectivity index (χ1n) is 7.34. The zero-order chi connectivity index (χ0) is 13.7. The number of hydrogen-bond acceptors (Lipinski definition) is 3. The zero-order valence-electron chi connectivity index (χ0n) is 12.2. The summed E-state index contributed by atoms with van der Waals surface area (Å²) in [5.41, 5.74) is 1.18. The maximum absolute atomic E-state index is 5.87. The smallest absolute Gasteiger partial charge is 0.121 e. The molecule has 1 heterocycles. The van der Waals surface area contributed by atoms with Crippen LogP contribution in [0, 0.1) is 0 Å². The third-order valence-corrected chi connectivity index (χ3v) is 5.08. The first-order chi connectivity index (χ1) is 9.19.